The monoisotopic (exact) mass is 398 g/mol. The summed E-state index contributed by atoms with van der Waals surface area (Å²) in [6, 6.07) is 11.7. The summed E-state index contributed by atoms with van der Waals surface area (Å²) < 4.78 is 38.6. The summed E-state index contributed by atoms with van der Waals surface area (Å²) in [5, 5.41) is 3.22. The molecule has 0 fully saturated rings. The second-order valence-electron chi connectivity index (χ2n) is 6.05. The molecule has 3 aromatic rings. The number of aromatic nitrogens is 2. The Kier molecular flexibility index (Phi) is 4.98. The molecule has 0 saturated carbocycles. The van der Waals surface area contributed by atoms with Gasteiger partial charge in [0, 0.05) is 25.0 Å². The summed E-state index contributed by atoms with van der Waals surface area (Å²) in [6.45, 7) is 1.45. The standard InChI is InChI=1S/C19H18N4O4S/c24-28(25,16-2-3-17-18(11-16)27-10-9-26-17)23-19-4-1-15(13-22-19)21-12-14-5-7-20-8-6-14/h1-8,11,13,21H,9-10,12H2,(H,22,23). The molecule has 0 amide bonds. The molecule has 9 heteroatoms. The molecule has 4 rings (SSSR count). The van der Waals surface area contributed by atoms with E-state index in [4.69, 9.17) is 9.47 Å². The Morgan fingerprint density at radius 2 is 1.75 bits per heavy atom. The van der Waals surface area contributed by atoms with Gasteiger partial charge in [0.2, 0.25) is 0 Å². The molecule has 0 radical (unpaired) electrons. The largest absolute Gasteiger partial charge is 0.486 e. The van der Waals surface area contributed by atoms with Gasteiger partial charge in [-0.3, -0.25) is 9.71 Å². The quantitative estimate of drug-likeness (QED) is 0.658. The molecule has 1 aliphatic heterocycles. The molecule has 0 saturated heterocycles. The van der Waals surface area contributed by atoms with Crippen LogP contribution in [0.3, 0.4) is 0 Å². The van der Waals surface area contributed by atoms with Crippen molar-refractivity contribution in [2.45, 2.75) is 11.4 Å². The molecule has 2 aromatic heterocycles. The van der Waals surface area contributed by atoms with Gasteiger partial charge < -0.3 is 14.8 Å². The molecule has 28 heavy (non-hydrogen) atoms. The number of fused-ring (bicyclic) bond motifs is 1. The molecular weight excluding hydrogens is 380 g/mol. The van der Waals surface area contributed by atoms with E-state index in [-0.39, 0.29) is 10.7 Å². The zero-order chi connectivity index (χ0) is 19.4. The van der Waals surface area contributed by atoms with Crippen LogP contribution < -0.4 is 19.5 Å². The summed E-state index contributed by atoms with van der Waals surface area (Å²) in [5.41, 5.74) is 1.86. The SMILES string of the molecule is O=S(=O)(Nc1ccc(NCc2ccncc2)cn1)c1ccc2c(c1)OCCO2. The summed E-state index contributed by atoms with van der Waals surface area (Å²) in [6.07, 6.45) is 5.03. The third-order valence-corrected chi connectivity index (χ3v) is 5.42. The van der Waals surface area contributed by atoms with Crippen molar-refractivity contribution in [3.05, 3.63) is 66.6 Å². The number of sulfonamides is 1. The van der Waals surface area contributed by atoms with Crippen LogP contribution in [0, 0.1) is 0 Å². The van der Waals surface area contributed by atoms with Crippen LogP contribution in [0.15, 0.2) is 66.0 Å². The lowest BCUT2D eigenvalue weighted by Gasteiger charge is -2.19. The molecule has 0 atom stereocenters. The fourth-order valence-corrected chi connectivity index (χ4v) is 3.67. The maximum absolute atomic E-state index is 12.6. The highest BCUT2D eigenvalue weighted by atomic mass is 32.2. The first kappa shape index (κ1) is 18.1. The van der Waals surface area contributed by atoms with Gasteiger partial charge in [0.1, 0.15) is 19.0 Å². The molecule has 0 bridgehead atoms. The maximum atomic E-state index is 12.6. The normalized spacial score (nSPS) is 13.0. The fourth-order valence-electron chi connectivity index (χ4n) is 2.65. The molecular formula is C19H18N4O4S. The van der Waals surface area contributed by atoms with Crippen molar-refractivity contribution in [2.75, 3.05) is 23.3 Å². The second-order valence-corrected chi connectivity index (χ2v) is 7.73. The van der Waals surface area contributed by atoms with Gasteiger partial charge in [-0.15, -0.1) is 0 Å². The van der Waals surface area contributed by atoms with E-state index in [1.165, 1.54) is 12.1 Å². The van der Waals surface area contributed by atoms with Crippen LogP contribution in [0.2, 0.25) is 0 Å². The first-order chi connectivity index (χ1) is 13.6. The van der Waals surface area contributed by atoms with Gasteiger partial charge >= 0.3 is 0 Å². The first-order valence-electron chi connectivity index (χ1n) is 8.61. The van der Waals surface area contributed by atoms with Crippen LogP contribution in [-0.2, 0) is 16.6 Å². The Morgan fingerprint density at radius 1 is 0.964 bits per heavy atom. The van der Waals surface area contributed by atoms with Crippen molar-refractivity contribution in [3.8, 4) is 11.5 Å². The van der Waals surface area contributed by atoms with Crippen molar-refractivity contribution in [1.29, 1.82) is 0 Å². The van der Waals surface area contributed by atoms with E-state index in [2.05, 4.69) is 20.0 Å². The van der Waals surface area contributed by atoms with Crippen LogP contribution in [-0.4, -0.2) is 31.6 Å². The van der Waals surface area contributed by atoms with Crippen LogP contribution >= 0.6 is 0 Å². The third-order valence-electron chi connectivity index (χ3n) is 4.07. The summed E-state index contributed by atoms with van der Waals surface area (Å²) in [7, 11) is -3.79. The number of hydrogen-bond donors (Lipinski definition) is 2. The molecule has 1 aromatic carbocycles. The van der Waals surface area contributed by atoms with Crippen molar-refractivity contribution in [2.24, 2.45) is 0 Å². The number of rotatable bonds is 6. The number of nitrogens with one attached hydrogen (secondary N) is 2. The van der Waals surface area contributed by atoms with Crippen molar-refractivity contribution in [1.82, 2.24) is 9.97 Å². The average Bonchev–Trinajstić information content (AvgIpc) is 2.73. The van der Waals surface area contributed by atoms with E-state index in [0.717, 1.165) is 11.3 Å². The molecule has 144 valence electrons. The molecule has 2 N–H and O–H groups in total. The van der Waals surface area contributed by atoms with Crippen molar-refractivity contribution >= 4 is 21.5 Å². The van der Waals surface area contributed by atoms with Crippen LogP contribution in [0.4, 0.5) is 11.5 Å². The molecule has 8 nitrogen and oxygen atoms in total. The van der Waals surface area contributed by atoms with Crippen LogP contribution in [0.1, 0.15) is 5.56 Å². The van der Waals surface area contributed by atoms with Gasteiger partial charge in [0.15, 0.2) is 11.5 Å². The predicted molar refractivity (Wildman–Crippen MR) is 104 cm³/mol. The Morgan fingerprint density at radius 3 is 2.50 bits per heavy atom. The van der Waals surface area contributed by atoms with Gasteiger partial charge in [-0.05, 0) is 42.0 Å². The minimum atomic E-state index is -3.79. The highest BCUT2D eigenvalue weighted by Gasteiger charge is 2.19. The number of ether oxygens (including phenoxy) is 2. The first-order valence-corrected chi connectivity index (χ1v) is 10.1. The number of anilines is 2. The molecule has 1 aliphatic rings. The molecule has 0 unspecified atom stereocenters. The Labute approximate surface area is 162 Å². The van der Waals surface area contributed by atoms with E-state index in [1.54, 1.807) is 36.8 Å². The maximum Gasteiger partial charge on any atom is 0.263 e. The van der Waals surface area contributed by atoms with Crippen LogP contribution in [0.5, 0.6) is 11.5 Å². The molecule has 3 heterocycles. The number of pyridine rings is 2. The van der Waals surface area contributed by atoms with Gasteiger partial charge in [-0.2, -0.15) is 0 Å². The van der Waals surface area contributed by atoms with Crippen LogP contribution in [0.25, 0.3) is 0 Å². The summed E-state index contributed by atoms with van der Waals surface area (Å²) in [4.78, 5) is 8.22. The smallest absolute Gasteiger partial charge is 0.263 e. The van der Waals surface area contributed by atoms with Gasteiger partial charge in [0.25, 0.3) is 10.0 Å². The lowest BCUT2D eigenvalue weighted by atomic mass is 10.2. The highest BCUT2D eigenvalue weighted by Crippen LogP contribution is 2.32. The van der Waals surface area contributed by atoms with E-state index in [0.29, 0.717) is 31.3 Å². The molecule has 0 spiro atoms. The van der Waals surface area contributed by atoms with E-state index in [1.807, 2.05) is 12.1 Å². The van der Waals surface area contributed by atoms with E-state index in [9.17, 15) is 8.42 Å². The highest BCUT2D eigenvalue weighted by molar-refractivity contribution is 7.92. The topological polar surface area (TPSA) is 102 Å². The van der Waals surface area contributed by atoms with E-state index < -0.39 is 10.0 Å². The molecule has 0 aliphatic carbocycles. The lowest BCUT2D eigenvalue weighted by molar-refractivity contribution is 0.171. The number of nitrogens with zero attached hydrogens (tertiary/aromatic N) is 2. The minimum absolute atomic E-state index is 0.0819. The summed E-state index contributed by atoms with van der Waals surface area (Å²) >= 11 is 0. The fraction of sp³-hybridized carbons (Fsp3) is 0.158. The summed E-state index contributed by atoms with van der Waals surface area (Å²) in [5.74, 6) is 1.18. The second kappa shape index (κ2) is 7.73. The average molecular weight is 398 g/mol. The Hall–Kier alpha value is -3.33. The third kappa shape index (κ3) is 4.15. The van der Waals surface area contributed by atoms with Crippen molar-refractivity contribution < 1.29 is 17.9 Å². The number of benzene rings is 1. The van der Waals surface area contributed by atoms with E-state index >= 15 is 0 Å². The Bertz CT molecular complexity index is 1060. The minimum Gasteiger partial charge on any atom is -0.486 e. The van der Waals surface area contributed by atoms with Gasteiger partial charge in [0.05, 0.1) is 16.8 Å². The van der Waals surface area contributed by atoms with Gasteiger partial charge in [-0.1, -0.05) is 0 Å². The Balaban J connectivity index is 1.43. The zero-order valence-electron chi connectivity index (χ0n) is 14.8. The lowest BCUT2D eigenvalue weighted by Crippen LogP contribution is -2.17. The zero-order valence-corrected chi connectivity index (χ0v) is 15.6. The van der Waals surface area contributed by atoms with Gasteiger partial charge in [-0.25, -0.2) is 13.4 Å². The number of hydrogen-bond acceptors (Lipinski definition) is 7. The van der Waals surface area contributed by atoms with Crippen molar-refractivity contribution in [3.63, 3.8) is 0 Å². The predicted octanol–water partition coefficient (Wildman–Crippen LogP) is 2.66.